The minimum atomic E-state index is -0.279. The Balaban J connectivity index is 0.00000161. The SMILES string of the molecule is COC(=O)c1ccc(CN2CC3CCC(N)C3C2)cc1.Cl. The summed E-state index contributed by atoms with van der Waals surface area (Å²) in [6, 6.07) is 8.10. The number of rotatable bonds is 3. The molecule has 0 bridgehead atoms. The lowest BCUT2D eigenvalue weighted by Crippen LogP contribution is -2.30. The highest BCUT2D eigenvalue weighted by Crippen LogP contribution is 2.37. The van der Waals surface area contributed by atoms with Gasteiger partial charge in [-0.3, -0.25) is 4.90 Å². The molecular formula is C16H23ClN2O2. The number of halogens is 1. The summed E-state index contributed by atoms with van der Waals surface area (Å²) in [6.07, 6.45) is 2.47. The molecule has 1 aliphatic carbocycles. The molecular weight excluding hydrogens is 288 g/mol. The van der Waals surface area contributed by atoms with Gasteiger partial charge in [0.05, 0.1) is 12.7 Å². The highest BCUT2D eigenvalue weighted by molar-refractivity contribution is 5.89. The van der Waals surface area contributed by atoms with E-state index >= 15 is 0 Å². The van der Waals surface area contributed by atoms with Crippen molar-refractivity contribution in [3.8, 4) is 0 Å². The Hall–Kier alpha value is -1.10. The molecule has 4 nitrogen and oxygen atoms in total. The number of carbonyl (C=O) groups excluding carboxylic acids is 1. The molecule has 3 unspecified atom stereocenters. The van der Waals surface area contributed by atoms with E-state index in [0.717, 1.165) is 25.6 Å². The van der Waals surface area contributed by atoms with Crippen molar-refractivity contribution in [3.05, 3.63) is 35.4 Å². The number of benzene rings is 1. The summed E-state index contributed by atoms with van der Waals surface area (Å²) in [7, 11) is 1.41. The van der Waals surface area contributed by atoms with Crippen molar-refractivity contribution < 1.29 is 9.53 Å². The van der Waals surface area contributed by atoms with Crippen LogP contribution in [-0.2, 0) is 11.3 Å². The van der Waals surface area contributed by atoms with Gasteiger partial charge < -0.3 is 10.5 Å². The third-order valence-corrected chi connectivity index (χ3v) is 4.77. The van der Waals surface area contributed by atoms with E-state index in [1.165, 1.54) is 25.5 Å². The molecule has 2 aliphatic rings. The van der Waals surface area contributed by atoms with Gasteiger partial charge in [0.1, 0.15) is 0 Å². The van der Waals surface area contributed by atoms with Crippen LogP contribution < -0.4 is 5.73 Å². The summed E-state index contributed by atoms with van der Waals surface area (Å²) in [5.41, 5.74) is 8.02. The molecule has 3 rings (SSSR count). The molecule has 21 heavy (non-hydrogen) atoms. The molecule has 0 spiro atoms. The average molecular weight is 311 g/mol. The minimum absolute atomic E-state index is 0. The Morgan fingerprint density at radius 1 is 1.29 bits per heavy atom. The summed E-state index contributed by atoms with van der Waals surface area (Å²) in [4.78, 5) is 13.9. The average Bonchev–Trinajstić information content (AvgIpc) is 3.01. The van der Waals surface area contributed by atoms with Gasteiger partial charge >= 0.3 is 5.97 Å². The lowest BCUT2D eigenvalue weighted by Gasteiger charge is -2.18. The molecule has 0 radical (unpaired) electrons. The number of hydrogen-bond donors (Lipinski definition) is 1. The van der Waals surface area contributed by atoms with E-state index in [9.17, 15) is 4.79 Å². The molecule has 2 N–H and O–H groups in total. The summed E-state index contributed by atoms with van der Waals surface area (Å²) in [5.74, 6) is 1.20. The Kier molecular flexibility index (Phi) is 5.25. The zero-order valence-corrected chi connectivity index (χ0v) is 13.1. The van der Waals surface area contributed by atoms with Crippen LogP contribution in [0.3, 0.4) is 0 Å². The zero-order chi connectivity index (χ0) is 14.1. The van der Waals surface area contributed by atoms with E-state index < -0.39 is 0 Å². The molecule has 1 aromatic carbocycles. The van der Waals surface area contributed by atoms with Gasteiger partial charge in [0.2, 0.25) is 0 Å². The molecule has 1 aromatic rings. The first-order chi connectivity index (χ1) is 9.67. The number of likely N-dealkylation sites (tertiary alicyclic amines) is 1. The van der Waals surface area contributed by atoms with Gasteiger partial charge in [-0.15, -0.1) is 12.4 Å². The first-order valence-corrected chi connectivity index (χ1v) is 7.32. The fourth-order valence-electron chi connectivity index (χ4n) is 3.65. The molecule has 2 fully saturated rings. The van der Waals surface area contributed by atoms with E-state index in [4.69, 9.17) is 10.5 Å². The number of methoxy groups -OCH3 is 1. The number of ether oxygens (including phenoxy) is 1. The Bertz CT molecular complexity index is 492. The summed E-state index contributed by atoms with van der Waals surface area (Å²) in [6.45, 7) is 3.23. The predicted octanol–water partition coefficient (Wildman–Crippen LogP) is 2.06. The summed E-state index contributed by atoms with van der Waals surface area (Å²) >= 11 is 0. The fraction of sp³-hybridized carbons (Fsp3) is 0.562. The van der Waals surface area contributed by atoms with Crippen LogP contribution in [-0.4, -0.2) is 37.1 Å². The summed E-state index contributed by atoms with van der Waals surface area (Å²) < 4.78 is 4.71. The number of hydrogen-bond acceptors (Lipinski definition) is 4. The van der Waals surface area contributed by atoms with Gasteiger partial charge in [0.15, 0.2) is 0 Å². The maximum absolute atomic E-state index is 11.4. The number of esters is 1. The summed E-state index contributed by atoms with van der Waals surface area (Å²) in [5, 5.41) is 0. The van der Waals surface area contributed by atoms with E-state index in [2.05, 4.69) is 4.90 Å². The molecule has 116 valence electrons. The second-order valence-electron chi connectivity index (χ2n) is 6.05. The van der Waals surface area contributed by atoms with Crippen molar-refractivity contribution in [3.63, 3.8) is 0 Å². The molecule has 0 aromatic heterocycles. The Morgan fingerprint density at radius 3 is 2.62 bits per heavy atom. The topological polar surface area (TPSA) is 55.6 Å². The third kappa shape index (κ3) is 3.39. The van der Waals surface area contributed by atoms with Crippen LogP contribution in [0.5, 0.6) is 0 Å². The van der Waals surface area contributed by atoms with Crippen LogP contribution in [0.4, 0.5) is 0 Å². The standard InChI is InChI=1S/C16H22N2O2.ClH/c1-20-16(19)12-4-2-11(3-5-12)8-18-9-13-6-7-15(17)14(13)10-18;/h2-5,13-15H,6-10,17H2,1H3;1H. The van der Waals surface area contributed by atoms with Crippen LogP contribution in [0.15, 0.2) is 24.3 Å². The second-order valence-corrected chi connectivity index (χ2v) is 6.05. The molecule has 1 aliphatic heterocycles. The highest BCUT2D eigenvalue weighted by atomic mass is 35.5. The van der Waals surface area contributed by atoms with Gasteiger partial charge in [-0.05, 0) is 42.4 Å². The first kappa shape index (κ1) is 16.3. The van der Waals surface area contributed by atoms with E-state index in [0.29, 0.717) is 17.5 Å². The molecule has 1 saturated carbocycles. The van der Waals surface area contributed by atoms with Crippen molar-refractivity contribution >= 4 is 18.4 Å². The smallest absolute Gasteiger partial charge is 0.337 e. The molecule has 5 heteroatoms. The van der Waals surface area contributed by atoms with Crippen molar-refractivity contribution in [1.82, 2.24) is 4.90 Å². The maximum atomic E-state index is 11.4. The molecule has 1 heterocycles. The Labute approximate surface area is 132 Å². The van der Waals surface area contributed by atoms with Crippen molar-refractivity contribution in [1.29, 1.82) is 0 Å². The predicted molar refractivity (Wildman–Crippen MR) is 84.5 cm³/mol. The third-order valence-electron chi connectivity index (χ3n) is 4.77. The van der Waals surface area contributed by atoms with Gasteiger partial charge in [-0.2, -0.15) is 0 Å². The van der Waals surface area contributed by atoms with Crippen LogP contribution in [0, 0.1) is 11.8 Å². The Morgan fingerprint density at radius 2 is 2.00 bits per heavy atom. The van der Waals surface area contributed by atoms with E-state index in [-0.39, 0.29) is 18.4 Å². The lowest BCUT2D eigenvalue weighted by atomic mass is 9.98. The number of fused-ring (bicyclic) bond motifs is 1. The monoisotopic (exact) mass is 310 g/mol. The first-order valence-electron chi connectivity index (χ1n) is 7.32. The van der Waals surface area contributed by atoms with Gasteiger partial charge in [0, 0.05) is 25.7 Å². The van der Waals surface area contributed by atoms with E-state index in [1.54, 1.807) is 0 Å². The number of nitrogens with two attached hydrogens (primary N) is 1. The number of nitrogens with zero attached hydrogens (tertiary/aromatic N) is 1. The largest absolute Gasteiger partial charge is 0.465 e. The molecule has 0 amide bonds. The molecule has 3 atom stereocenters. The highest BCUT2D eigenvalue weighted by Gasteiger charge is 2.40. The molecule has 1 saturated heterocycles. The normalized spacial score (nSPS) is 28.0. The van der Waals surface area contributed by atoms with Crippen LogP contribution in [0.1, 0.15) is 28.8 Å². The fourth-order valence-corrected chi connectivity index (χ4v) is 3.65. The van der Waals surface area contributed by atoms with Gasteiger partial charge in [-0.25, -0.2) is 4.79 Å². The van der Waals surface area contributed by atoms with Crippen molar-refractivity contribution in [2.24, 2.45) is 17.6 Å². The quantitative estimate of drug-likeness (QED) is 0.868. The van der Waals surface area contributed by atoms with Crippen LogP contribution in [0.25, 0.3) is 0 Å². The zero-order valence-electron chi connectivity index (χ0n) is 12.3. The number of carbonyl (C=O) groups is 1. The minimum Gasteiger partial charge on any atom is -0.465 e. The lowest BCUT2D eigenvalue weighted by molar-refractivity contribution is 0.0600. The van der Waals surface area contributed by atoms with Crippen LogP contribution >= 0.6 is 12.4 Å². The van der Waals surface area contributed by atoms with Crippen LogP contribution in [0.2, 0.25) is 0 Å². The van der Waals surface area contributed by atoms with Crippen molar-refractivity contribution in [2.45, 2.75) is 25.4 Å². The van der Waals surface area contributed by atoms with Gasteiger partial charge in [-0.1, -0.05) is 12.1 Å². The second kappa shape index (κ2) is 6.77. The van der Waals surface area contributed by atoms with Crippen molar-refractivity contribution in [2.75, 3.05) is 20.2 Å². The van der Waals surface area contributed by atoms with E-state index in [1.807, 2.05) is 24.3 Å². The van der Waals surface area contributed by atoms with Gasteiger partial charge in [0.25, 0.3) is 0 Å². The maximum Gasteiger partial charge on any atom is 0.337 e.